The van der Waals surface area contributed by atoms with E-state index in [0.717, 1.165) is 12.0 Å². The second kappa shape index (κ2) is 6.89. The molecule has 0 spiro atoms. The van der Waals surface area contributed by atoms with E-state index in [1.165, 1.54) is 0 Å². The Morgan fingerprint density at radius 1 is 1.31 bits per heavy atom. The summed E-state index contributed by atoms with van der Waals surface area (Å²) in [5.41, 5.74) is 0.999. The Morgan fingerprint density at radius 3 is 2.56 bits per heavy atom. The second-order valence-corrected chi connectivity index (χ2v) is 4.52. The molecule has 0 aliphatic rings. The van der Waals surface area contributed by atoms with Crippen molar-refractivity contribution in [3.63, 3.8) is 0 Å². The molecule has 1 unspecified atom stereocenters. The highest BCUT2D eigenvalue weighted by Gasteiger charge is 2.13. The fourth-order valence-electron chi connectivity index (χ4n) is 1.60. The third-order valence-electron chi connectivity index (χ3n) is 2.48. The van der Waals surface area contributed by atoms with Gasteiger partial charge in [-0.1, -0.05) is 29.8 Å². The lowest BCUT2D eigenvalue weighted by Gasteiger charge is -2.17. The smallest absolute Gasteiger partial charge is 0.0518 e. The Hall–Kier alpha value is -0.570. The normalized spacial score (nSPS) is 13.1. The first-order valence-corrected chi connectivity index (χ1v) is 5.99. The molecule has 3 heteroatoms. The van der Waals surface area contributed by atoms with Crippen molar-refractivity contribution >= 4 is 11.6 Å². The Labute approximate surface area is 102 Å². The lowest BCUT2D eigenvalue weighted by molar-refractivity contribution is 0.0691. The van der Waals surface area contributed by atoms with Crippen molar-refractivity contribution in [2.24, 2.45) is 0 Å². The summed E-state index contributed by atoms with van der Waals surface area (Å²) in [6, 6.07) is 7.64. The summed E-state index contributed by atoms with van der Waals surface area (Å²) in [5, 5.41) is 10.1. The molecule has 0 amide bonds. The van der Waals surface area contributed by atoms with Crippen LogP contribution in [0.15, 0.2) is 24.3 Å². The fourth-order valence-corrected chi connectivity index (χ4v) is 1.89. The minimum atomic E-state index is 0.0625. The van der Waals surface area contributed by atoms with Crippen molar-refractivity contribution in [2.75, 3.05) is 13.2 Å². The van der Waals surface area contributed by atoms with Crippen LogP contribution < -0.4 is 0 Å². The Kier molecular flexibility index (Phi) is 5.81. The van der Waals surface area contributed by atoms with E-state index in [1.54, 1.807) is 0 Å². The molecule has 0 aliphatic carbocycles. The van der Waals surface area contributed by atoms with Crippen molar-refractivity contribution < 1.29 is 9.84 Å². The van der Waals surface area contributed by atoms with Gasteiger partial charge >= 0.3 is 0 Å². The van der Waals surface area contributed by atoms with Gasteiger partial charge in [0.15, 0.2) is 0 Å². The van der Waals surface area contributed by atoms with E-state index in [1.807, 2.05) is 38.1 Å². The molecule has 0 aliphatic heterocycles. The summed E-state index contributed by atoms with van der Waals surface area (Å²) in [5.74, 6) is 0.0625. The van der Waals surface area contributed by atoms with Crippen LogP contribution in [-0.2, 0) is 4.74 Å². The average Bonchev–Trinajstić information content (AvgIpc) is 2.25. The number of rotatable bonds is 6. The van der Waals surface area contributed by atoms with E-state index in [0.29, 0.717) is 11.6 Å². The number of aliphatic hydroxyl groups excluding tert-OH is 1. The number of hydrogen-bond acceptors (Lipinski definition) is 2. The van der Waals surface area contributed by atoms with Crippen LogP contribution in [0.5, 0.6) is 0 Å². The lowest BCUT2D eigenvalue weighted by atomic mass is 9.97. The molecule has 0 aromatic heterocycles. The van der Waals surface area contributed by atoms with Crippen LogP contribution in [0.25, 0.3) is 0 Å². The first kappa shape index (κ1) is 13.5. The molecule has 0 bridgehead atoms. The van der Waals surface area contributed by atoms with Crippen LogP contribution in [0.4, 0.5) is 0 Å². The van der Waals surface area contributed by atoms with Crippen LogP contribution in [0, 0.1) is 0 Å². The van der Waals surface area contributed by atoms with E-state index in [2.05, 4.69) is 0 Å². The molecule has 2 nitrogen and oxygen atoms in total. The molecule has 16 heavy (non-hydrogen) atoms. The molecule has 0 radical (unpaired) electrons. The maximum absolute atomic E-state index is 9.35. The predicted molar refractivity (Wildman–Crippen MR) is 67.0 cm³/mol. The molecular weight excluding hydrogens is 224 g/mol. The number of ether oxygens (including phenoxy) is 1. The van der Waals surface area contributed by atoms with Crippen molar-refractivity contribution in [3.05, 3.63) is 34.9 Å². The molecule has 1 N–H and O–H groups in total. The largest absolute Gasteiger partial charge is 0.396 e. The maximum atomic E-state index is 9.35. The van der Waals surface area contributed by atoms with Crippen LogP contribution in [0.2, 0.25) is 5.02 Å². The van der Waals surface area contributed by atoms with Gasteiger partial charge in [0, 0.05) is 17.5 Å². The fraction of sp³-hybridized carbons (Fsp3) is 0.538. The first-order chi connectivity index (χ1) is 7.65. The van der Waals surface area contributed by atoms with Crippen molar-refractivity contribution in [3.8, 4) is 0 Å². The molecule has 1 aromatic carbocycles. The summed E-state index contributed by atoms with van der Waals surface area (Å²) in [6.07, 6.45) is 1.02. The van der Waals surface area contributed by atoms with E-state index < -0.39 is 0 Å². The Bertz CT molecular complexity index is 313. The monoisotopic (exact) mass is 242 g/mol. The highest BCUT2D eigenvalue weighted by molar-refractivity contribution is 6.31. The molecule has 0 saturated heterocycles. The zero-order chi connectivity index (χ0) is 12.0. The van der Waals surface area contributed by atoms with Gasteiger partial charge in [0.1, 0.15) is 0 Å². The van der Waals surface area contributed by atoms with Gasteiger partial charge in [-0.15, -0.1) is 0 Å². The molecule has 1 aromatic rings. The minimum absolute atomic E-state index is 0.0625. The van der Waals surface area contributed by atoms with Gasteiger partial charge in [0.2, 0.25) is 0 Å². The van der Waals surface area contributed by atoms with Gasteiger partial charge in [0.25, 0.3) is 0 Å². The molecule has 0 saturated carbocycles. The van der Waals surface area contributed by atoms with Gasteiger partial charge in [0.05, 0.1) is 12.7 Å². The zero-order valence-electron chi connectivity index (χ0n) is 9.82. The van der Waals surface area contributed by atoms with Gasteiger partial charge in [-0.05, 0) is 31.9 Å². The second-order valence-electron chi connectivity index (χ2n) is 4.11. The Morgan fingerprint density at radius 2 is 2.00 bits per heavy atom. The highest BCUT2D eigenvalue weighted by atomic mass is 35.5. The van der Waals surface area contributed by atoms with E-state index in [-0.39, 0.29) is 18.6 Å². The van der Waals surface area contributed by atoms with E-state index >= 15 is 0 Å². The lowest BCUT2D eigenvalue weighted by Crippen LogP contribution is -2.11. The van der Waals surface area contributed by atoms with Gasteiger partial charge in [-0.2, -0.15) is 0 Å². The van der Waals surface area contributed by atoms with Crippen LogP contribution in [0.3, 0.4) is 0 Å². The molecule has 1 rings (SSSR count). The first-order valence-electron chi connectivity index (χ1n) is 5.62. The standard InChI is InChI=1S/C13H19ClO2/c1-10(2)16-8-7-11(9-15)12-5-3-4-6-13(12)14/h3-6,10-11,15H,7-9H2,1-2H3. The SMILES string of the molecule is CC(C)OCCC(CO)c1ccccc1Cl. The summed E-state index contributed by atoms with van der Waals surface area (Å²) < 4.78 is 5.48. The molecule has 0 fully saturated rings. The van der Waals surface area contributed by atoms with Gasteiger partial charge < -0.3 is 9.84 Å². The molecular formula is C13H19ClO2. The zero-order valence-corrected chi connectivity index (χ0v) is 10.6. The molecule has 90 valence electrons. The summed E-state index contributed by atoms with van der Waals surface area (Å²) in [7, 11) is 0. The van der Waals surface area contributed by atoms with Gasteiger partial charge in [-0.25, -0.2) is 0 Å². The topological polar surface area (TPSA) is 29.5 Å². The van der Waals surface area contributed by atoms with Crippen LogP contribution in [0.1, 0.15) is 31.7 Å². The summed E-state index contributed by atoms with van der Waals surface area (Å²) in [6.45, 7) is 4.76. The van der Waals surface area contributed by atoms with E-state index in [9.17, 15) is 5.11 Å². The van der Waals surface area contributed by atoms with Crippen LogP contribution >= 0.6 is 11.6 Å². The van der Waals surface area contributed by atoms with Crippen LogP contribution in [-0.4, -0.2) is 24.4 Å². The molecule has 0 heterocycles. The third kappa shape index (κ3) is 4.12. The van der Waals surface area contributed by atoms with Crippen molar-refractivity contribution in [1.82, 2.24) is 0 Å². The quantitative estimate of drug-likeness (QED) is 0.830. The number of halogens is 1. The maximum Gasteiger partial charge on any atom is 0.0518 e. The summed E-state index contributed by atoms with van der Waals surface area (Å²) >= 11 is 6.09. The number of aliphatic hydroxyl groups is 1. The third-order valence-corrected chi connectivity index (χ3v) is 2.83. The van der Waals surface area contributed by atoms with Crippen molar-refractivity contribution in [1.29, 1.82) is 0 Å². The van der Waals surface area contributed by atoms with E-state index in [4.69, 9.17) is 16.3 Å². The number of benzene rings is 1. The van der Waals surface area contributed by atoms with Crippen molar-refractivity contribution in [2.45, 2.75) is 32.3 Å². The van der Waals surface area contributed by atoms with Gasteiger partial charge in [-0.3, -0.25) is 0 Å². The Balaban J connectivity index is 2.57. The number of hydrogen-bond donors (Lipinski definition) is 1. The minimum Gasteiger partial charge on any atom is -0.396 e. The predicted octanol–water partition coefficient (Wildman–Crippen LogP) is 3.23. The highest BCUT2D eigenvalue weighted by Crippen LogP contribution is 2.26. The summed E-state index contributed by atoms with van der Waals surface area (Å²) in [4.78, 5) is 0. The average molecular weight is 243 g/mol. The molecule has 1 atom stereocenters.